The van der Waals surface area contributed by atoms with Crippen molar-refractivity contribution in [1.82, 2.24) is 8.28 Å². The molecule has 1 aromatic heterocycles. The van der Waals surface area contributed by atoms with Crippen molar-refractivity contribution < 1.29 is 17.7 Å². The van der Waals surface area contributed by atoms with Gasteiger partial charge in [0, 0.05) is 26.3 Å². The van der Waals surface area contributed by atoms with Gasteiger partial charge in [-0.25, -0.2) is 4.57 Å². The van der Waals surface area contributed by atoms with E-state index in [1.807, 2.05) is 7.05 Å². The van der Waals surface area contributed by atoms with E-state index >= 15 is 0 Å². The smallest absolute Gasteiger partial charge is 0.379 e. The molecule has 118 valence electrons. The summed E-state index contributed by atoms with van der Waals surface area (Å²) in [6.07, 6.45) is 9.14. The first-order chi connectivity index (χ1) is 10.1. The van der Waals surface area contributed by atoms with Crippen molar-refractivity contribution in [1.29, 1.82) is 0 Å². The average molecular weight is 314 g/mol. The molecule has 2 aliphatic rings. The van der Waals surface area contributed by atoms with Crippen molar-refractivity contribution in [3.63, 3.8) is 0 Å². The first-order valence-electron chi connectivity index (χ1n) is 7.69. The number of piperidine rings is 1. The molecule has 0 N–H and O–H groups in total. The molecule has 0 amide bonds. The molecule has 2 saturated heterocycles. The first kappa shape index (κ1) is 15.0. The van der Waals surface area contributed by atoms with E-state index in [0.717, 1.165) is 38.9 Å². The minimum atomic E-state index is -3.39. The zero-order valence-corrected chi connectivity index (χ0v) is 13.3. The number of nitrogens with zero attached hydrogens (tertiary/aromatic N) is 3. The predicted molar refractivity (Wildman–Crippen MR) is 77.8 cm³/mol. The van der Waals surface area contributed by atoms with E-state index in [2.05, 4.69) is 0 Å². The zero-order valence-electron chi connectivity index (χ0n) is 12.5. The summed E-state index contributed by atoms with van der Waals surface area (Å²) in [5, 5.41) is 0. The summed E-state index contributed by atoms with van der Waals surface area (Å²) in [7, 11) is -1.57. The van der Waals surface area contributed by atoms with Crippen LogP contribution >= 0.6 is 0 Å². The van der Waals surface area contributed by atoms with Crippen molar-refractivity contribution in [2.45, 2.75) is 25.7 Å². The second kappa shape index (κ2) is 6.06. The highest BCUT2D eigenvalue weighted by Crippen LogP contribution is 2.32. The highest BCUT2D eigenvalue weighted by molar-refractivity contribution is 7.87. The maximum Gasteiger partial charge on any atom is 0.379 e. The molecule has 0 spiro atoms. The van der Waals surface area contributed by atoms with Gasteiger partial charge in [0.2, 0.25) is 0 Å². The van der Waals surface area contributed by atoms with Gasteiger partial charge in [0.1, 0.15) is 12.4 Å². The van der Waals surface area contributed by atoms with Crippen LogP contribution < -0.4 is 4.57 Å². The van der Waals surface area contributed by atoms with Crippen molar-refractivity contribution in [3.8, 4) is 0 Å². The van der Waals surface area contributed by atoms with Crippen molar-refractivity contribution in [2.24, 2.45) is 18.9 Å². The summed E-state index contributed by atoms with van der Waals surface area (Å²) in [4.78, 5) is 0. The highest BCUT2D eigenvalue weighted by atomic mass is 32.2. The molecule has 3 rings (SSSR count). The zero-order chi connectivity index (χ0) is 14.9. The van der Waals surface area contributed by atoms with Gasteiger partial charge in [0.05, 0.1) is 7.05 Å². The minimum absolute atomic E-state index is 0.631. The Morgan fingerprint density at radius 3 is 2.29 bits per heavy atom. The number of rotatable bonds is 3. The number of aryl methyl sites for hydroxylation is 1. The summed E-state index contributed by atoms with van der Waals surface area (Å²) in [5.41, 5.74) is 0. The van der Waals surface area contributed by atoms with E-state index in [-0.39, 0.29) is 0 Å². The molecule has 3 heterocycles. The van der Waals surface area contributed by atoms with Crippen LogP contribution in [0.1, 0.15) is 25.7 Å². The number of hydrogen-bond acceptors (Lipinski definition) is 3. The average Bonchev–Trinajstić information content (AvgIpc) is 2.96. The van der Waals surface area contributed by atoms with Crippen LogP contribution in [0.3, 0.4) is 0 Å². The molecular formula is C14H24N3O3S+. The van der Waals surface area contributed by atoms with Gasteiger partial charge >= 0.3 is 10.2 Å². The lowest BCUT2D eigenvalue weighted by atomic mass is 9.80. The fraction of sp³-hybridized carbons (Fsp3) is 0.786. The first-order valence-corrected chi connectivity index (χ1v) is 9.08. The Kier molecular flexibility index (Phi) is 4.33. The van der Waals surface area contributed by atoms with Crippen LogP contribution in [-0.4, -0.2) is 43.0 Å². The summed E-state index contributed by atoms with van der Waals surface area (Å²) in [6, 6.07) is 0. The number of imidazole rings is 1. The Bertz CT molecular complexity index is 570. The summed E-state index contributed by atoms with van der Waals surface area (Å²) in [5.74, 6) is 1.37. The molecule has 2 fully saturated rings. The van der Waals surface area contributed by atoms with Crippen LogP contribution in [-0.2, 0) is 22.0 Å². The maximum atomic E-state index is 12.5. The van der Waals surface area contributed by atoms with Gasteiger partial charge in [0.25, 0.3) is 6.33 Å². The molecule has 0 radical (unpaired) electrons. The van der Waals surface area contributed by atoms with Gasteiger partial charge in [-0.2, -0.15) is 12.7 Å². The molecule has 2 aliphatic heterocycles. The minimum Gasteiger partial charge on any atom is -0.381 e. The lowest BCUT2D eigenvalue weighted by Crippen LogP contribution is -2.43. The van der Waals surface area contributed by atoms with E-state index < -0.39 is 10.2 Å². The molecule has 0 aromatic carbocycles. The predicted octanol–water partition coefficient (Wildman–Crippen LogP) is 0.544. The third-order valence-corrected chi connectivity index (χ3v) is 6.54. The highest BCUT2D eigenvalue weighted by Gasteiger charge is 2.35. The Morgan fingerprint density at radius 1 is 1.10 bits per heavy atom. The van der Waals surface area contributed by atoms with E-state index in [1.54, 1.807) is 27.6 Å². The van der Waals surface area contributed by atoms with Gasteiger partial charge in [-0.05, 0) is 37.5 Å². The molecular weight excluding hydrogens is 290 g/mol. The topological polar surface area (TPSA) is 55.4 Å². The van der Waals surface area contributed by atoms with Gasteiger partial charge in [-0.3, -0.25) is 0 Å². The fourth-order valence-corrected chi connectivity index (χ4v) is 4.88. The number of ether oxygens (including phenoxy) is 1. The molecule has 1 aromatic rings. The van der Waals surface area contributed by atoms with Crippen LogP contribution in [0.2, 0.25) is 0 Å². The molecule has 0 atom stereocenters. The van der Waals surface area contributed by atoms with Gasteiger partial charge in [-0.1, -0.05) is 0 Å². The quantitative estimate of drug-likeness (QED) is 0.766. The van der Waals surface area contributed by atoms with Crippen LogP contribution in [0.25, 0.3) is 0 Å². The van der Waals surface area contributed by atoms with Crippen LogP contribution in [0.5, 0.6) is 0 Å². The molecule has 0 bridgehead atoms. The normalized spacial score (nSPS) is 23.5. The summed E-state index contributed by atoms with van der Waals surface area (Å²) in [6.45, 7) is 2.99. The molecule has 6 nitrogen and oxygen atoms in total. The van der Waals surface area contributed by atoms with E-state index in [1.165, 1.54) is 3.97 Å². The van der Waals surface area contributed by atoms with E-state index in [0.29, 0.717) is 24.9 Å². The Labute approximate surface area is 126 Å². The third-order valence-electron chi connectivity index (χ3n) is 4.77. The van der Waals surface area contributed by atoms with Crippen LogP contribution in [0, 0.1) is 11.8 Å². The third kappa shape index (κ3) is 3.14. The van der Waals surface area contributed by atoms with Crippen molar-refractivity contribution in [3.05, 3.63) is 18.7 Å². The van der Waals surface area contributed by atoms with E-state index in [9.17, 15) is 8.42 Å². The largest absolute Gasteiger partial charge is 0.381 e. The standard InChI is InChI=1S/C14H24N3O3S/c1-15-8-9-17(12-15)21(18,19)16-6-2-13(3-7-16)14-4-10-20-11-5-14/h8-9,12-14H,2-7,10-11H2,1H3/q+1. The van der Waals surface area contributed by atoms with Gasteiger partial charge < -0.3 is 4.74 Å². The summed E-state index contributed by atoms with van der Waals surface area (Å²) < 4.78 is 35.2. The van der Waals surface area contributed by atoms with Crippen molar-refractivity contribution >= 4 is 10.2 Å². The molecule has 0 unspecified atom stereocenters. The van der Waals surface area contributed by atoms with Gasteiger partial charge in [-0.15, -0.1) is 3.97 Å². The number of aromatic nitrogens is 2. The van der Waals surface area contributed by atoms with E-state index in [4.69, 9.17) is 4.74 Å². The fourth-order valence-electron chi connectivity index (χ4n) is 3.46. The maximum absolute atomic E-state index is 12.5. The second-order valence-corrected chi connectivity index (χ2v) is 7.94. The Hall–Kier alpha value is -0.920. The molecule has 0 saturated carbocycles. The van der Waals surface area contributed by atoms with Crippen LogP contribution in [0.15, 0.2) is 18.7 Å². The molecule has 7 heteroatoms. The van der Waals surface area contributed by atoms with Gasteiger partial charge in [0.15, 0.2) is 0 Å². The second-order valence-electron chi connectivity index (χ2n) is 6.10. The Balaban J connectivity index is 1.62. The lowest BCUT2D eigenvalue weighted by Gasteiger charge is -2.36. The SMILES string of the molecule is C[n+]1ccn(S(=O)(=O)N2CCC(C3CCOCC3)CC2)c1. The van der Waals surface area contributed by atoms with Crippen molar-refractivity contribution in [2.75, 3.05) is 26.3 Å². The lowest BCUT2D eigenvalue weighted by molar-refractivity contribution is -0.670. The van der Waals surface area contributed by atoms with Crippen LogP contribution in [0.4, 0.5) is 0 Å². The Morgan fingerprint density at radius 2 is 1.71 bits per heavy atom. The molecule has 21 heavy (non-hydrogen) atoms. The number of hydrogen-bond donors (Lipinski definition) is 0. The molecule has 0 aliphatic carbocycles. The summed E-state index contributed by atoms with van der Waals surface area (Å²) >= 11 is 0. The monoisotopic (exact) mass is 314 g/mol.